The van der Waals surface area contributed by atoms with Crippen LogP contribution >= 0.6 is 0 Å². The van der Waals surface area contributed by atoms with Crippen LogP contribution in [0.3, 0.4) is 0 Å². The molecule has 0 aromatic carbocycles. The molecule has 0 aliphatic heterocycles. The van der Waals surface area contributed by atoms with Gasteiger partial charge in [-0.15, -0.1) is 12.3 Å². The molecule has 2 aromatic heterocycles. The van der Waals surface area contributed by atoms with Crippen molar-refractivity contribution in [3.63, 3.8) is 0 Å². The zero-order valence-corrected chi connectivity index (χ0v) is 7.78. The first kappa shape index (κ1) is 8.64. The monoisotopic (exact) mass is 187 g/mol. The summed E-state index contributed by atoms with van der Waals surface area (Å²) in [6, 6.07) is 3.58. The Bertz CT molecular complexity index is 460. The molecule has 0 spiro atoms. The third kappa shape index (κ3) is 1.42. The third-order valence-electron chi connectivity index (χ3n) is 1.89. The SMILES string of the molecule is C#CCc1nc(-c2ccco2)oc1C. The van der Waals surface area contributed by atoms with Crippen LogP contribution in [-0.2, 0) is 6.42 Å². The van der Waals surface area contributed by atoms with Gasteiger partial charge in [-0.1, -0.05) is 0 Å². The minimum atomic E-state index is 0.482. The molecule has 0 amide bonds. The van der Waals surface area contributed by atoms with Crippen molar-refractivity contribution in [1.29, 1.82) is 0 Å². The van der Waals surface area contributed by atoms with Crippen molar-refractivity contribution in [3.8, 4) is 24.0 Å². The van der Waals surface area contributed by atoms with Gasteiger partial charge in [-0.3, -0.25) is 0 Å². The number of rotatable bonds is 2. The zero-order chi connectivity index (χ0) is 9.97. The molecule has 3 heteroatoms. The predicted molar refractivity (Wildman–Crippen MR) is 51.5 cm³/mol. The summed E-state index contributed by atoms with van der Waals surface area (Å²) in [5.41, 5.74) is 0.791. The molecule has 3 nitrogen and oxygen atoms in total. The van der Waals surface area contributed by atoms with Crippen LogP contribution in [0.5, 0.6) is 0 Å². The van der Waals surface area contributed by atoms with E-state index in [9.17, 15) is 0 Å². The van der Waals surface area contributed by atoms with Crippen LogP contribution in [0, 0.1) is 19.3 Å². The maximum absolute atomic E-state index is 5.41. The molecule has 2 rings (SSSR count). The van der Waals surface area contributed by atoms with Gasteiger partial charge in [-0.05, 0) is 19.1 Å². The summed E-state index contributed by atoms with van der Waals surface area (Å²) < 4.78 is 10.6. The van der Waals surface area contributed by atoms with Crippen molar-refractivity contribution in [2.24, 2.45) is 0 Å². The van der Waals surface area contributed by atoms with E-state index in [1.807, 2.05) is 6.92 Å². The lowest BCUT2D eigenvalue weighted by atomic mass is 10.3. The second-order valence-electron chi connectivity index (χ2n) is 2.88. The minimum Gasteiger partial charge on any atom is -0.459 e. The van der Waals surface area contributed by atoms with Gasteiger partial charge >= 0.3 is 0 Å². The van der Waals surface area contributed by atoms with Gasteiger partial charge in [-0.25, -0.2) is 4.98 Å². The van der Waals surface area contributed by atoms with E-state index in [1.165, 1.54) is 0 Å². The van der Waals surface area contributed by atoms with E-state index in [4.69, 9.17) is 15.3 Å². The topological polar surface area (TPSA) is 39.2 Å². The quantitative estimate of drug-likeness (QED) is 0.678. The number of nitrogens with zero attached hydrogens (tertiary/aromatic N) is 1. The first-order chi connectivity index (χ1) is 6.81. The molecule has 2 heterocycles. The van der Waals surface area contributed by atoms with Gasteiger partial charge in [0.15, 0.2) is 5.76 Å². The van der Waals surface area contributed by atoms with E-state index in [1.54, 1.807) is 18.4 Å². The van der Waals surface area contributed by atoms with Crippen molar-refractivity contribution in [2.75, 3.05) is 0 Å². The highest BCUT2D eigenvalue weighted by Gasteiger charge is 2.11. The van der Waals surface area contributed by atoms with Crippen molar-refractivity contribution < 1.29 is 8.83 Å². The second-order valence-corrected chi connectivity index (χ2v) is 2.88. The predicted octanol–water partition coefficient (Wildman–Crippen LogP) is 2.42. The van der Waals surface area contributed by atoms with Crippen LogP contribution in [-0.4, -0.2) is 4.98 Å². The summed E-state index contributed by atoms with van der Waals surface area (Å²) in [5.74, 6) is 4.38. The Hall–Kier alpha value is -1.95. The highest BCUT2D eigenvalue weighted by atomic mass is 16.4. The molecule has 70 valence electrons. The molecule has 0 aliphatic rings. The molecule has 0 aliphatic carbocycles. The molecule has 0 bridgehead atoms. The van der Waals surface area contributed by atoms with E-state index in [0.717, 1.165) is 11.5 Å². The molecule has 0 saturated heterocycles. The van der Waals surface area contributed by atoms with Crippen molar-refractivity contribution >= 4 is 0 Å². The maximum Gasteiger partial charge on any atom is 0.263 e. The summed E-state index contributed by atoms with van der Waals surface area (Å²) in [6.07, 6.45) is 7.26. The third-order valence-corrected chi connectivity index (χ3v) is 1.89. The fraction of sp³-hybridized carbons (Fsp3) is 0.182. The van der Waals surface area contributed by atoms with Crippen LogP contribution in [0.15, 0.2) is 27.2 Å². The Morgan fingerprint density at radius 2 is 2.43 bits per heavy atom. The van der Waals surface area contributed by atoms with E-state index < -0.39 is 0 Å². The smallest absolute Gasteiger partial charge is 0.263 e. The van der Waals surface area contributed by atoms with Gasteiger partial charge in [-0.2, -0.15) is 0 Å². The second kappa shape index (κ2) is 3.43. The summed E-state index contributed by atoms with van der Waals surface area (Å²) >= 11 is 0. The van der Waals surface area contributed by atoms with E-state index in [-0.39, 0.29) is 0 Å². The van der Waals surface area contributed by atoms with Crippen LogP contribution < -0.4 is 0 Å². The average Bonchev–Trinajstić information content (AvgIpc) is 2.76. The van der Waals surface area contributed by atoms with Gasteiger partial charge in [0.2, 0.25) is 0 Å². The Morgan fingerprint density at radius 1 is 1.57 bits per heavy atom. The number of hydrogen-bond acceptors (Lipinski definition) is 3. The normalized spacial score (nSPS) is 10.0. The van der Waals surface area contributed by atoms with Crippen molar-refractivity contribution in [1.82, 2.24) is 4.98 Å². The first-order valence-electron chi connectivity index (χ1n) is 4.25. The summed E-state index contributed by atoms with van der Waals surface area (Å²) in [4.78, 5) is 4.24. The number of terminal acetylenes is 1. The van der Waals surface area contributed by atoms with Gasteiger partial charge in [0, 0.05) is 0 Å². The van der Waals surface area contributed by atoms with Crippen molar-refractivity contribution in [2.45, 2.75) is 13.3 Å². The van der Waals surface area contributed by atoms with Gasteiger partial charge in [0.05, 0.1) is 18.4 Å². The zero-order valence-electron chi connectivity index (χ0n) is 7.78. The average molecular weight is 187 g/mol. The number of aromatic nitrogens is 1. The van der Waals surface area contributed by atoms with Gasteiger partial charge < -0.3 is 8.83 Å². The Morgan fingerprint density at radius 3 is 3.07 bits per heavy atom. The summed E-state index contributed by atoms with van der Waals surface area (Å²) in [6.45, 7) is 1.84. The van der Waals surface area contributed by atoms with Crippen LogP contribution in [0.4, 0.5) is 0 Å². The lowest BCUT2D eigenvalue weighted by Crippen LogP contribution is -1.83. The molecule has 0 atom stereocenters. The van der Waals surface area contributed by atoms with E-state index in [0.29, 0.717) is 18.1 Å². The number of hydrogen-bond donors (Lipinski definition) is 0. The highest BCUT2D eigenvalue weighted by molar-refractivity contribution is 5.44. The Kier molecular flexibility index (Phi) is 2.11. The molecule has 0 fully saturated rings. The number of oxazole rings is 1. The number of aryl methyl sites for hydroxylation is 1. The van der Waals surface area contributed by atoms with Gasteiger partial charge in [0.1, 0.15) is 5.76 Å². The largest absolute Gasteiger partial charge is 0.459 e. The minimum absolute atomic E-state index is 0.482. The maximum atomic E-state index is 5.41. The van der Waals surface area contributed by atoms with Crippen LogP contribution in [0.2, 0.25) is 0 Å². The van der Waals surface area contributed by atoms with E-state index in [2.05, 4.69) is 10.9 Å². The molecule has 0 radical (unpaired) electrons. The molecule has 2 aromatic rings. The lowest BCUT2D eigenvalue weighted by Gasteiger charge is -1.84. The molecule has 0 unspecified atom stereocenters. The molecular weight excluding hydrogens is 178 g/mol. The number of furan rings is 1. The standard InChI is InChI=1S/C11H9NO2/c1-3-5-9-8(2)14-11(12-9)10-6-4-7-13-10/h1,4,6-7H,5H2,2H3. The summed E-state index contributed by atoms with van der Waals surface area (Å²) in [5, 5.41) is 0. The molecule has 14 heavy (non-hydrogen) atoms. The highest BCUT2D eigenvalue weighted by Crippen LogP contribution is 2.21. The fourth-order valence-electron chi connectivity index (χ4n) is 1.19. The summed E-state index contributed by atoms with van der Waals surface area (Å²) in [7, 11) is 0. The first-order valence-corrected chi connectivity index (χ1v) is 4.25. The Labute approximate surface area is 81.8 Å². The fourth-order valence-corrected chi connectivity index (χ4v) is 1.19. The van der Waals surface area contributed by atoms with Crippen LogP contribution in [0.1, 0.15) is 11.5 Å². The lowest BCUT2D eigenvalue weighted by molar-refractivity contribution is 0.500. The van der Waals surface area contributed by atoms with Crippen molar-refractivity contribution in [3.05, 3.63) is 29.9 Å². The molecule has 0 N–H and O–H groups in total. The van der Waals surface area contributed by atoms with Gasteiger partial charge in [0.25, 0.3) is 5.89 Å². The Balaban J connectivity index is 2.39. The van der Waals surface area contributed by atoms with E-state index >= 15 is 0 Å². The molecular formula is C11H9NO2. The molecule has 0 saturated carbocycles. The van der Waals surface area contributed by atoms with Crippen LogP contribution in [0.25, 0.3) is 11.7 Å².